The molecule has 6 heteroatoms. The highest BCUT2D eigenvalue weighted by molar-refractivity contribution is 5.96. The van der Waals surface area contributed by atoms with Crippen LogP contribution in [0.1, 0.15) is 10.4 Å². The minimum atomic E-state index is -0.492. The molecule has 6 nitrogen and oxygen atoms in total. The van der Waals surface area contributed by atoms with Crippen LogP contribution >= 0.6 is 0 Å². The normalized spacial score (nSPS) is 11.0. The first kappa shape index (κ1) is 20.0. The zero-order chi connectivity index (χ0) is 21.8. The number of para-hydroxylation sites is 1. The average molecular weight is 412 g/mol. The molecular weight excluding hydrogens is 392 g/mol. The molecule has 0 radical (unpaired) electrons. The van der Waals surface area contributed by atoms with Crippen molar-refractivity contribution in [3.05, 3.63) is 107 Å². The third kappa shape index (κ3) is 4.18. The second kappa shape index (κ2) is 8.59. The largest absolute Gasteiger partial charge is 0.508 e. The van der Waals surface area contributed by atoms with Gasteiger partial charge >= 0.3 is 5.69 Å². The molecule has 0 saturated heterocycles. The Kier molecular flexibility index (Phi) is 5.53. The van der Waals surface area contributed by atoms with Gasteiger partial charge in [-0.15, -0.1) is 0 Å². The monoisotopic (exact) mass is 412 g/mol. The molecule has 0 fully saturated rings. The number of allylic oxidation sites excluding steroid dienone is 1. The summed E-state index contributed by atoms with van der Waals surface area (Å²) in [6.45, 7) is 0. The van der Waals surface area contributed by atoms with Gasteiger partial charge in [-0.05, 0) is 60.2 Å². The fourth-order valence-electron chi connectivity index (χ4n) is 3.27. The molecule has 0 amide bonds. The summed E-state index contributed by atoms with van der Waals surface area (Å²) < 4.78 is 7.78. The second-order valence-electron chi connectivity index (χ2n) is 6.83. The lowest BCUT2D eigenvalue weighted by Crippen LogP contribution is -2.27. The molecule has 0 spiro atoms. The number of rotatable bonds is 5. The van der Waals surface area contributed by atoms with Gasteiger partial charge in [0.15, 0.2) is 0 Å². The summed E-state index contributed by atoms with van der Waals surface area (Å²) in [7, 11) is 1.58. The number of nitrogens with zero attached hydrogens (tertiary/aromatic N) is 2. The summed E-state index contributed by atoms with van der Waals surface area (Å²) in [6.07, 6.45) is 4.53. The lowest BCUT2D eigenvalue weighted by Gasteiger charge is -2.05. The number of carbonyl (C=O) groups excluding carboxylic acids is 1. The molecule has 0 aliphatic heterocycles. The Morgan fingerprint density at radius 1 is 0.968 bits per heavy atom. The molecule has 154 valence electrons. The van der Waals surface area contributed by atoms with Crippen LogP contribution in [0.3, 0.4) is 0 Å². The molecule has 0 atom stereocenters. The van der Waals surface area contributed by atoms with E-state index < -0.39 is 11.6 Å². The number of aromatic nitrogens is 2. The van der Waals surface area contributed by atoms with Crippen molar-refractivity contribution in [2.45, 2.75) is 0 Å². The number of methoxy groups -OCH3 is 1. The van der Waals surface area contributed by atoms with Crippen LogP contribution in [0.15, 0.2) is 95.9 Å². The van der Waals surface area contributed by atoms with E-state index >= 15 is 0 Å². The first-order chi connectivity index (χ1) is 15.1. The lowest BCUT2D eigenvalue weighted by atomic mass is 10.1. The molecule has 0 aliphatic rings. The molecule has 31 heavy (non-hydrogen) atoms. The summed E-state index contributed by atoms with van der Waals surface area (Å²) in [5, 5.41) is 9.62. The average Bonchev–Trinajstić information content (AvgIpc) is 3.15. The zero-order valence-corrected chi connectivity index (χ0v) is 16.8. The molecule has 4 rings (SSSR count). The number of hydrogen-bond acceptors (Lipinski definition) is 4. The molecular formula is C25H20N2O4. The highest BCUT2D eigenvalue weighted by atomic mass is 16.5. The van der Waals surface area contributed by atoms with Crippen LogP contribution in [-0.4, -0.2) is 27.3 Å². The van der Waals surface area contributed by atoms with Gasteiger partial charge in [-0.1, -0.05) is 30.3 Å². The quantitative estimate of drug-likeness (QED) is 0.494. The maximum Gasteiger partial charge on any atom is 0.340 e. The summed E-state index contributed by atoms with van der Waals surface area (Å²) in [6, 6.07) is 22.8. The molecule has 1 aromatic heterocycles. The topological polar surface area (TPSA) is 73.5 Å². The van der Waals surface area contributed by atoms with E-state index in [2.05, 4.69) is 0 Å². The van der Waals surface area contributed by atoms with Crippen molar-refractivity contribution in [3.63, 3.8) is 0 Å². The summed E-state index contributed by atoms with van der Waals surface area (Å²) in [5.74, 6) is 0.282. The van der Waals surface area contributed by atoms with E-state index in [1.807, 2.05) is 18.2 Å². The zero-order valence-electron chi connectivity index (χ0n) is 16.8. The Morgan fingerprint density at radius 2 is 1.71 bits per heavy atom. The summed E-state index contributed by atoms with van der Waals surface area (Å²) in [5.41, 5.74) is 2.00. The van der Waals surface area contributed by atoms with Crippen LogP contribution in [0.4, 0.5) is 0 Å². The molecule has 4 aromatic rings. The molecule has 0 aliphatic carbocycles. The Balaban J connectivity index is 1.81. The predicted molar refractivity (Wildman–Crippen MR) is 120 cm³/mol. The van der Waals surface area contributed by atoms with E-state index in [1.165, 1.54) is 16.7 Å². The molecule has 0 unspecified atom stereocenters. The first-order valence-corrected chi connectivity index (χ1v) is 9.62. The lowest BCUT2D eigenvalue weighted by molar-refractivity contribution is 0.0967. The number of benzene rings is 3. The minimum absolute atomic E-state index is 0.0981. The van der Waals surface area contributed by atoms with Gasteiger partial charge in [0.1, 0.15) is 11.5 Å². The van der Waals surface area contributed by atoms with Gasteiger partial charge < -0.3 is 9.84 Å². The summed E-state index contributed by atoms with van der Waals surface area (Å²) >= 11 is 0. The Labute approximate surface area is 178 Å². The fraction of sp³-hybridized carbons (Fsp3) is 0.0400. The van der Waals surface area contributed by atoms with Crippen molar-refractivity contribution in [3.8, 4) is 28.4 Å². The Hall–Kier alpha value is -4.32. The van der Waals surface area contributed by atoms with Gasteiger partial charge in [0.2, 0.25) is 0 Å². The van der Waals surface area contributed by atoms with E-state index in [1.54, 1.807) is 74.0 Å². The van der Waals surface area contributed by atoms with E-state index in [0.29, 0.717) is 28.3 Å². The first-order valence-electron chi connectivity index (χ1n) is 9.62. The van der Waals surface area contributed by atoms with Crippen LogP contribution in [-0.2, 0) is 0 Å². The number of ether oxygens (including phenoxy) is 1. The van der Waals surface area contributed by atoms with Gasteiger partial charge in [0, 0.05) is 17.8 Å². The van der Waals surface area contributed by atoms with Crippen LogP contribution in [0.2, 0.25) is 0 Å². The highest BCUT2D eigenvalue weighted by Crippen LogP contribution is 2.23. The number of phenols is 1. The van der Waals surface area contributed by atoms with Crippen LogP contribution in [0.5, 0.6) is 11.5 Å². The van der Waals surface area contributed by atoms with Crippen molar-refractivity contribution in [2.24, 2.45) is 0 Å². The van der Waals surface area contributed by atoms with Crippen molar-refractivity contribution in [1.29, 1.82) is 0 Å². The number of imidazole rings is 1. The number of carbonyl (C=O) groups is 1. The molecule has 3 aromatic carbocycles. The van der Waals surface area contributed by atoms with Crippen molar-refractivity contribution in [2.75, 3.05) is 7.11 Å². The van der Waals surface area contributed by atoms with E-state index in [-0.39, 0.29) is 5.75 Å². The molecule has 1 N–H and O–H groups in total. The standard InChI is InChI=1S/C25H20N2O4/c1-31-22-13-11-19(12-14-22)23-17-26(20-7-3-2-4-8-20)25(30)27(23)24(29)15-10-18-6-5-9-21(28)16-18/h2-17,28H,1H3/b15-10+. The van der Waals surface area contributed by atoms with Crippen LogP contribution in [0.25, 0.3) is 23.0 Å². The smallest absolute Gasteiger partial charge is 0.340 e. The number of phenolic OH excluding ortho intramolecular Hbond substituents is 1. The van der Waals surface area contributed by atoms with E-state index in [4.69, 9.17) is 4.74 Å². The van der Waals surface area contributed by atoms with Crippen LogP contribution < -0.4 is 10.4 Å². The second-order valence-corrected chi connectivity index (χ2v) is 6.83. The SMILES string of the molecule is COc1ccc(-c2cn(-c3ccccc3)c(=O)n2C(=O)/C=C/c2cccc(O)c2)cc1. The van der Waals surface area contributed by atoms with Crippen molar-refractivity contribution >= 4 is 12.0 Å². The van der Waals surface area contributed by atoms with Gasteiger partial charge in [0.05, 0.1) is 18.5 Å². The summed E-state index contributed by atoms with van der Waals surface area (Å²) in [4.78, 5) is 26.3. The van der Waals surface area contributed by atoms with Gasteiger partial charge in [0.25, 0.3) is 5.91 Å². The van der Waals surface area contributed by atoms with Gasteiger partial charge in [-0.25, -0.2) is 9.36 Å². The molecule has 0 bridgehead atoms. The van der Waals surface area contributed by atoms with Crippen molar-refractivity contribution < 1.29 is 14.6 Å². The number of aromatic hydroxyl groups is 1. The van der Waals surface area contributed by atoms with E-state index in [0.717, 1.165) is 4.57 Å². The third-order valence-electron chi connectivity index (χ3n) is 4.82. The maximum absolute atomic E-state index is 13.2. The highest BCUT2D eigenvalue weighted by Gasteiger charge is 2.18. The van der Waals surface area contributed by atoms with Crippen molar-refractivity contribution in [1.82, 2.24) is 9.13 Å². The molecule has 0 saturated carbocycles. The predicted octanol–water partition coefficient (Wildman–Crippen LogP) is 4.37. The number of hydrogen-bond donors (Lipinski definition) is 1. The maximum atomic E-state index is 13.2. The fourth-order valence-corrected chi connectivity index (χ4v) is 3.27. The van der Waals surface area contributed by atoms with Gasteiger partial charge in [-0.2, -0.15) is 0 Å². The van der Waals surface area contributed by atoms with E-state index in [9.17, 15) is 14.7 Å². The minimum Gasteiger partial charge on any atom is -0.508 e. The third-order valence-corrected chi connectivity index (χ3v) is 4.82. The van der Waals surface area contributed by atoms with Crippen LogP contribution in [0, 0.1) is 0 Å². The Morgan fingerprint density at radius 3 is 2.39 bits per heavy atom. The Bertz CT molecular complexity index is 1300. The molecule has 1 heterocycles. The van der Waals surface area contributed by atoms with Gasteiger partial charge in [-0.3, -0.25) is 9.36 Å².